The number of amides is 1. The lowest BCUT2D eigenvalue weighted by atomic mass is 10.2. The zero-order valence-corrected chi connectivity index (χ0v) is 13.8. The average molecular weight is 370 g/mol. The summed E-state index contributed by atoms with van der Waals surface area (Å²) in [6, 6.07) is 2.02. The molecule has 24 heavy (non-hydrogen) atoms. The number of carbonyl (C=O) groups is 1. The second kappa shape index (κ2) is 8.09. The molecule has 1 rings (SSSR count). The second-order valence-corrected chi connectivity index (χ2v) is 6.01. The minimum absolute atomic E-state index is 0.0748. The minimum atomic E-state index is -2.55. The summed E-state index contributed by atoms with van der Waals surface area (Å²) in [5.74, 6) is -2.69. The van der Waals surface area contributed by atoms with Crippen molar-refractivity contribution >= 4 is 23.4 Å². The predicted octanol–water partition coefficient (Wildman–Crippen LogP) is 4.46. The first-order chi connectivity index (χ1) is 11.0. The largest absolute Gasteiger partial charge is 0.443 e. The summed E-state index contributed by atoms with van der Waals surface area (Å²) >= 11 is 5.81. The number of rotatable bonds is 5. The van der Waals surface area contributed by atoms with Gasteiger partial charge in [-0.1, -0.05) is 11.6 Å². The van der Waals surface area contributed by atoms with Crippen LogP contribution < -0.4 is 16.2 Å². The Bertz CT molecular complexity index is 644. The summed E-state index contributed by atoms with van der Waals surface area (Å²) < 4.78 is 55.4. The Balaban J connectivity index is 2.80. The van der Waals surface area contributed by atoms with Crippen LogP contribution in [0.4, 0.5) is 28.0 Å². The molecule has 0 saturated carbocycles. The van der Waals surface area contributed by atoms with Gasteiger partial charge in [-0.2, -0.15) is 13.2 Å². The van der Waals surface area contributed by atoms with Crippen LogP contribution in [-0.4, -0.2) is 11.7 Å². The maximum Gasteiger partial charge on any atom is 0.426 e. The molecule has 3 N–H and O–H groups in total. The van der Waals surface area contributed by atoms with Crippen LogP contribution >= 0.6 is 11.6 Å². The van der Waals surface area contributed by atoms with Gasteiger partial charge in [0, 0.05) is 12.1 Å². The van der Waals surface area contributed by atoms with Crippen molar-refractivity contribution < 1.29 is 27.1 Å². The molecule has 0 aliphatic heterocycles. The van der Waals surface area contributed by atoms with Gasteiger partial charge in [-0.3, -0.25) is 5.43 Å². The second-order valence-electron chi connectivity index (χ2n) is 5.60. The molecule has 0 saturated heterocycles. The van der Waals surface area contributed by atoms with Crippen molar-refractivity contribution in [3.8, 4) is 0 Å². The van der Waals surface area contributed by atoms with Gasteiger partial charge in [0.2, 0.25) is 0 Å². The average Bonchev–Trinajstić information content (AvgIpc) is 2.42. The van der Waals surface area contributed by atoms with Crippen molar-refractivity contribution in [2.75, 3.05) is 5.43 Å². The Morgan fingerprint density at radius 1 is 1.25 bits per heavy atom. The van der Waals surface area contributed by atoms with Crippen molar-refractivity contribution in [3.63, 3.8) is 0 Å². The molecule has 0 heterocycles. The van der Waals surface area contributed by atoms with Gasteiger partial charge in [0.1, 0.15) is 11.4 Å². The number of halogens is 5. The Morgan fingerprint density at radius 2 is 1.88 bits per heavy atom. The van der Waals surface area contributed by atoms with Gasteiger partial charge in [-0.15, -0.1) is 0 Å². The third-order valence-corrected chi connectivity index (χ3v) is 2.75. The number of nitrogens with one attached hydrogen (secondary N) is 3. The first-order valence-electron chi connectivity index (χ1n) is 6.67. The summed E-state index contributed by atoms with van der Waals surface area (Å²) in [6.45, 7) is 4.43. The fourth-order valence-electron chi connectivity index (χ4n) is 1.49. The first kappa shape index (κ1) is 19.9. The van der Waals surface area contributed by atoms with Crippen LogP contribution in [0.3, 0.4) is 0 Å². The molecule has 1 aromatic rings. The third-order valence-electron chi connectivity index (χ3n) is 2.43. The van der Waals surface area contributed by atoms with E-state index >= 15 is 0 Å². The number of benzene rings is 1. The fourth-order valence-corrected chi connectivity index (χ4v) is 1.68. The van der Waals surface area contributed by atoms with Gasteiger partial charge in [-0.05, 0) is 32.9 Å². The molecule has 134 valence electrons. The lowest BCUT2D eigenvalue weighted by molar-refractivity contribution is 0.0541. The van der Waals surface area contributed by atoms with E-state index in [9.17, 15) is 22.4 Å². The van der Waals surface area contributed by atoms with Crippen molar-refractivity contribution in [1.29, 1.82) is 0 Å². The smallest absolute Gasteiger partial charge is 0.426 e. The van der Waals surface area contributed by atoms with Gasteiger partial charge in [0.05, 0.1) is 10.7 Å². The van der Waals surface area contributed by atoms with Gasteiger partial charge in [0.25, 0.3) is 5.95 Å². The van der Waals surface area contributed by atoms with E-state index < -0.39 is 36.1 Å². The lowest BCUT2D eigenvalue weighted by Gasteiger charge is -2.20. The highest BCUT2D eigenvalue weighted by atomic mass is 35.5. The molecule has 5 nitrogen and oxygen atoms in total. The van der Waals surface area contributed by atoms with Gasteiger partial charge < -0.3 is 10.1 Å². The standard InChI is InChI=1S/C14H16ClF4N3O2/c1-14(2,3)24-13(23)22-21-10-4-7(9(16)5-8(10)15)6-20-12(19)11(17)18/h4-5,20-21H,6H2,1-3H3,(H,22,23). The molecule has 0 aliphatic rings. The number of ether oxygens (including phenoxy) is 1. The van der Waals surface area contributed by atoms with E-state index in [1.165, 1.54) is 0 Å². The van der Waals surface area contributed by atoms with Crippen LogP contribution in [0.15, 0.2) is 24.2 Å². The van der Waals surface area contributed by atoms with Crippen LogP contribution in [0, 0.1) is 5.82 Å². The number of anilines is 1. The molecule has 0 atom stereocenters. The molecule has 0 radical (unpaired) electrons. The van der Waals surface area contributed by atoms with E-state index in [4.69, 9.17) is 16.3 Å². The van der Waals surface area contributed by atoms with E-state index in [0.717, 1.165) is 12.1 Å². The number of carbonyl (C=O) groups excluding carboxylic acids is 1. The number of hydrogen-bond donors (Lipinski definition) is 3. The highest BCUT2D eigenvalue weighted by Crippen LogP contribution is 2.25. The van der Waals surface area contributed by atoms with E-state index in [2.05, 4.69) is 10.9 Å². The van der Waals surface area contributed by atoms with Crippen molar-refractivity contribution in [2.45, 2.75) is 32.9 Å². The molecular formula is C14H16ClF4N3O2. The van der Waals surface area contributed by atoms with E-state index in [0.29, 0.717) is 0 Å². The molecule has 0 fully saturated rings. The van der Waals surface area contributed by atoms with Crippen LogP contribution in [-0.2, 0) is 11.3 Å². The normalized spacial score (nSPS) is 10.8. The Morgan fingerprint density at radius 3 is 2.42 bits per heavy atom. The highest BCUT2D eigenvalue weighted by molar-refractivity contribution is 6.33. The van der Waals surface area contributed by atoms with Crippen LogP contribution in [0.2, 0.25) is 5.02 Å². The van der Waals surface area contributed by atoms with Crippen LogP contribution in [0.1, 0.15) is 26.3 Å². The zero-order chi connectivity index (χ0) is 18.5. The minimum Gasteiger partial charge on any atom is -0.443 e. The van der Waals surface area contributed by atoms with Gasteiger partial charge >= 0.3 is 12.2 Å². The van der Waals surface area contributed by atoms with Gasteiger partial charge in [-0.25, -0.2) is 14.6 Å². The van der Waals surface area contributed by atoms with E-state index in [1.54, 1.807) is 26.1 Å². The molecule has 0 bridgehead atoms. The fraction of sp³-hybridized carbons (Fsp3) is 0.357. The predicted molar refractivity (Wildman–Crippen MR) is 81.6 cm³/mol. The maximum absolute atomic E-state index is 13.7. The molecule has 0 unspecified atom stereocenters. The van der Waals surface area contributed by atoms with E-state index in [1.807, 2.05) is 0 Å². The molecule has 0 aliphatic carbocycles. The summed E-state index contributed by atoms with van der Waals surface area (Å²) in [6.07, 6.45) is -3.36. The Labute approximate surface area is 141 Å². The quantitative estimate of drug-likeness (QED) is 0.407. The SMILES string of the molecule is CC(C)(C)OC(=O)NNc1cc(CNC(F)=C(F)F)c(F)cc1Cl. The molecule has 1 amide bonds. The Hall–Kier alpha value is -2.16. The van der Waals surface area contributed by atoms with Crippen molar-refractivity contribution in [3.05, 3.63) is 40.6 Å². The van der Waals surface area contributed by atoms with Gasteiger partial charge in [0.15, 0.2) is 0 Å². The topological polar surface area (TPSA) is 62.4 Å². The monoisotopic (exact) mass is 369 g/mol. The summed E-state index contributed by atoms with van der Waals surface area (Å²) in [5.41, 5.74) is 3.79. The summed E-state index contributed by atoms with van der Waals surface area (Å²) in [7, 11) is 0. The molecular weight excluding hydrogens is 354 g/mol. The summed E-state index contributed by atoms with van der Waals surface area (Å²) in [5, 5.41) is 1.64. The lowest BCUT2D eigenvalue weighted by Crippen LogP contribution is -2.35. The number of hydrazine groups is 1. The molecule has 0 spiro atoms. The third kappa shape index (κ3) is 6.53. The maximum atomic E-state index is 13.7. The molecule has 1 aromatic carbocycles. The van der Waals surface area contributed by atoms with Crippen LogP contribution in [0.25, 0.3) is 0 Å². The first-order valence-corrected chi connectivity index (χ1v) is 7.05. The van der Waals surface area contributed by atoms with Crippen molar-refractivity contribution in [1.82, 2.24) is 10.7 Å². The molecule has 0 aromatic heterocycles. The van der Waals surface area contributed by atoms with Crippen molar-refractivity contribution in [2.24, 2.45) is 0 Å². The van der Waals surface area contributed by atoms with E-state index in [-0.39, 0.29) is 16.3 Å². The summed E-state index contributed by atoms with van der Waals surface area (Å²) in [4.78, 5) is 11.5. The number of hydrogen-bond acceptors (Lipinski definition) is 4. The highest BCUT2D eigenvalue weighted by Gasteiger charge is 2.16. The molecule has 10 heteroatoms. The Kier molecular flexibility index (Phi) is 6.70. The van der Waals surface area contributed by atoms with Crippen LogP contribution in [0.5, 0.6) is 0 Å². The zero-order valence-electron chi connectivity index (χ0n) is 13.1.